The number of fused-ring (bicyclic) bond motifs is 1. The molecule has 2 rings (SSSR count). The van der Waals surface area contributed by atoms with Crippen LogP contribution in [-0.2, 0) is 11.2 Å². The van der Waals surface area contributed by atoms with Gasteiger partial charge in [0.2, 0.25) is 0 Å². The van der Waals surface area contributed by atoms with Gasteiger partial charge in [0.1, 0.15) is 0 Å². The number of nitrogens with one attached hydrogen (secondary N) is 1. The Morgan fingerprint density at radius 1 is 1.39 bits per heavy atom. The molecule has 0 saturated carbocycles. The molecule has 0 fully saturated rings. The number of rotatable bonds is 7. The van der Waals surface area contributed by atoms with E-state index in [1.165, 1.54) is 17.5 Å². The van der Waals surface area contributed by atoms with Crippen molar-refractivity contribution >= 4 is 11.6 Å². The summed E-state index contributed by atoms with van der Waals surface area (Å²) >= 11 is 6.01. The van der Waals surface area contributed by atoms with Crippen molar-refractivity contribution < 1.29 is 4.74 Å². The molecule has 2 nitrogen and oxygen atoms in total. The van der Waals surface area contributed by atoms with E-state index in [4.69, 9.17) is 16.3 Å². The molecule has 0 bridgehead atoms. The van der Waals surface area contributed by atoms with E-state index in [2.05, 4.69) is 24.4 Å². The van der Waals surface area contributed by atoms with Crippen LogP contribution in [0.4, 0.5) is 0 Å². The Balaban J connectivity index is 1.73. The van der Waals surface area contributed by atoms with Gasteiger partial charge in [-0.15, -0.1) is 0 Å². The normalized spacial score (nSPS) is 18.0. The Morgan fingerprint density at radius 2 is 2.28 bits per heavy atom. The third kappa shape index (κ3) is 3.71. The molecule has 0 radical (unpaired) electrons. The van der Waals surface area contributed by atoms with E-state index < -0.39 is 0 Å². The summed E-state index contributed by atoms with van der Waals surface area (Å²) in [6, 6.07) is 6.76. The molecule has 0 saturated heterocycles. The first-order valence-electron chi connectivity index (χ1n) is 6.90. The van der Waals surface area contributed by atoms with Crippen molar-refractivity contribution in [3.05, 3.63) is 34.3 Å². The molecule has 0 aliphatic heterocycles. The molecule has 0 amide bonds. The molecule has 1 aliphatic rings. The molecule has 1 aromatic carbocycles. The smallest absolute Gasteiger partial charge is 0.0478 e. The van der Waals surface area contributed by atoms with Crippen molar-refractivity contribution in [3.8, 4) is 0 Å². The minimum atomic E-state index is 0.503. The van der Waals surface area contributed by atoms with Gasteiger partial charge in [0.05, 0.1) is 0 Å². The number of hydrogen-bond acceptors (Lipinski definition) is 2. The Kier molecular flexibility index (Phi) is 5.48. The Bertz CT molecular complexity index is 381. The molecular weight excluding hydrogens is 246 g/mol. The van der Waals surface area contributed by atoms with E-state index in [1.54, 1.807) is 0 Å². The third-order valence-electron chi connectivity index (χ3n) is 3.39. The van der Waals surface area contributed by atoms with Crippen LogP contribution in [0.5, 0.6) is 0 Å². The SMILES string of the molecule is CCCOCCCNC1CCc2cc(Cl)ccc21. The summed E-state index contributed by atoms with van der Waals surface area (Å²) < 4.78 is 5.48. The van der Waals surface area contributed by atoms with Gasteiger partial charge >= 0.3 is 0 Å². The summed E-state index contributed by atoms with van der Waals surface area (Å²) in [4.78, 5) is 0. The number of ether oxygens (including phenoxy) is 1. The highest BCUT2D eigenvalue weighted by Crippen LogP contribution is 2.32. The zero-order valence-electron chi connectivity index (χ0n) is 11.0. The highest BCUT2D eigenvalue weighted by Gasteiger charge is 2.21. The van der Waals surface area contributed by atoms with Gasteiger partial charge in [0.15, 0.2) is 0 Å². The molecule has 18 heavy (non-hydrogen) atoms. The average molecular weight is 268 g/mol. The number of aryl methyl sites for hydroxylation is 1. The highest BCUT2D eigenvalue weighted by molar-refractivity contribution is 6.30. The van der Waals surface area contributed by atoms with Crippen LogP contribution in [0.25, 0.3) is 0 Å². The summed E-state index contributed by atoms with van der Waals surface area (Å²) in [5.41, 5.74) is 2.83. The van der Waals surface area contributed by atoms with Gasteiger partial charge < -0.3 is 10.1 Å². The number of halogens is 1. The lowest BCUT2D eigenvalue weighted by Gasteiger charge is -2.14. The lowest BCUT2D eigenvalue weighted by Crippen LogP contribution is -2.21. The van der Waals surface area contributed by atoms with Gasteiger partial charge in [-0.1, -0.05) is 24.6 Å². The van der Waals surface area contributed by atoms with Gasteiger partial charge in [-0.05, 0) is 55.5 Å². The molecule has 1 N–H and O–H groups in total. The van der Waals surface area contributed by atoms with Crippen molar-refractivity contribution in [2.75, 3.05) is 19.8 Å². The first-order chi connectivity index (χ1) is 8.81. The second-order valence-corrected chi connectivity index (χ2v) is 5.29. The van der Waals surface area contributed by atoms with E-state index in [0.717, 1.165) is 44.0 Å². The van der Waals surface area contributed by atoms with Gasteiger partial charge in [-0.2, -0.15) is 0 Å². The van der Waals surface area contributed by atoms with Crippen molar-refractivity contribution in [2.45, 2.75) is 38.6 Å². The molecule has 1 aliphatic carbocycles. The van der Waals surface area contributed by atoms with Crippen molar-refractivity contribution in [1.29, 1.82) is 0 Å². The minimum Gasteiger partial charge on any atom is -0.381 e. The predicted octanol–water partition coefficient (Wildman–Crippen LogP) is 3.73. The predicted molar refractivity (Wildman–Crippen MR) is 76.2 cm³/mol. The largest absolute Gasteiger partial charge is 0.381 e. The van der Waals surface area contributed by atoms with Crippen molar-refractivity contribution in [3.63, 3.8) is 0 Å². The fraction of sp³-hybridized carbons (Fsp3) is 0.600. The van der Waals surface area contributed by atoms with Crippen molar-refractivity contribution in [2.24, 2.45) is 0 Å². The maximum atomic E-state index is 6.01. The van der Waals surface area contributed by atoms with Crippen molar-refractivity contribution in [1.82, 2.24) is 5.32 Å². The van der Waals surface area contributed by atoms with E-state index in [-0.39, 0.29) is 0 Å². The zero-order chi connectivity index (χ0) is 12.8. The Labute approximate surface area is 115 Å². The summed E-state index contributed by atoms with van der Waals surface area (Å²) in [5.74, 6) is 0. The first-order valence-corrected chi connectivity index (χ1v) is 7.28. The lowest BCUT2D eigenvalue weighted by molar-refractivity contribution is 0.131. The molecule has 0 heterocycles. The molecule has 0 spiro atoms. The first kappa shape index (κ1) is 13.9. The van der Waals surface area contributed by atoms with Gasteiger partial charge in [-0.25, -0.2) is 0 Å². The van der Waals surface area contributed by atoms with E-state index in [1.807, 2.05) is 6.07 Å². The zero-order valence-corrected chi connectivity index (χ0v) is 11.8. The van der Waals surface area contributed by atoms with E-state index >= 15 is 0 Å². The highest BCUT2D eigenvalue weighted by atomic mass is 35.5. The van der Waals surface area contributed by atoms with E-state index in [9.17, 15) is 0 Å². The van der Waals surface area contributed by atoms with Crippen LogP contribution in [0.15, 0.2) is 18.2 Å². The van der Waals surface area contributed by atoms with Crippen LogP contribution in [0.2, 0.25) is 5.02 Å². The van der Waals surface area contributed by atoms with Gasteiger partial charge in [0, 0.05) is 24.3 Å². The van der Waals surface area contributed by atoms with Crippen LogP contribution in [0, 0.1) is 0 Å². The Morgan fingerprint density at radius 3 is 3.11 bits per heavy atom. The third-order valence-corrected chi connectivity index (χ3v) is 3.62. The number of hydrogen-bond donors (Lipinski definition) is 1. The lowest BCUT2D eigenvalue weighted by atomic mass is 10.1. The molecule has 1 aromatic rings. The van der Waals surface area contributed by atoms with Gasteiger partial charge in [0.25, 0.3) is 0 Å². The average Bonchev–Trinajstić information content (AvgIpc) is 2.76. The number of benzene rings is 1. The minimum absolute atomic E-state index is 0.503. The molecule has 100 valence electrons. The van der Waals surface area contributed by atoms with Crippen LogP contribution < -0.4 is 5.32 Å². The molecular formula is C15H22ClNO. The second-order valence-electron chi connectivity index (χ2n) is 4.85. The standard InChI is InChI=1S/C15H22ClNO/c1-2-9-18-10-3-8-17-15-7-4-12-11-13(16)5-6-14(12)15/h5-6,11,15,17H,2-4,7-10H2,1H3. The maximum Gasteiger partial charge on any atom is 0.0478 e. The summed E-state index contributed by atoms with van der Waals surface area (Å²) in [6.45, 7) is 4.90. The van der Waals surface area contributed by atoms with Crippen LogP contribution in [0.1, 0.15) is 43.4 Å². The van der Waals surface area contributed by atoms with Crippen LogP contribution in [-0.4, -0.2) is 19.8 Å². The van der Waals surface area contributed by atoms with Gasteiger partial charge in [-0.3, -0.25) is 0 Å². The second kappa shape index (κ2) is 7.13. The summed E-state index contributed by atoms with van der Waals surface area (Å²) in [6.07, 6.45) is 4.51. The molecule has 1 atom stereocenters. The summed E-state index contributed by atoms with van der Waals surface area (Å²) in [5, 5.41) is 4.46. The van der Waals surface area contributed by atoms with E-state index in [0.29, 0.717) is 6.04 Å². The van der Waals surface area contributed by atoms with Crippen LogP contribution in [0.3, 0.4) is 0 Å². The Hall–Kier alpha value is -0.570. The summed E-state index contributed by atoms with van der Waals surface area (Å²) in [7, 11) is 0. The molecule has 1 unspecified atom stereocenters. The molecule has 0 aromatic heterocycles. The van der Waals surface area contributed by atoms with Crippen LogP contribution >= 0.6 is 11.6 Å². The topological polar surface area (TPSA) is 21.3 Å². The monoisotopic (exact) mass is 267 g/mol. The molecule has 3 heteroatoms. The fourth-order valence-electron chi connectivity index (χ4n) is 2.50. The fourth-order valence-corrected chi connectivity index (χ4v) is 2.69. The quantitative estimate of drug-likeness (QED) is 0.760. The maximum absolute atomic E-state index is 6.01.